The van der Waals surface area contributed by atoms with Crippen LogP contribution in [0.3, 0.4) is 0 Å². The van der Waals surface area contributed by atoms with Gasteiger partial charge in [0.15, 0.2) is 0 Å². The molecule has 0 spiro atoms. The number of nitrogens with one attached hydrogen (secondary N) is 1. The largest absolute Gasteiger partial charge is 0.353 e. The minimum absolute atomic E-state index is 0.0438. The quantitative estimate of drug-likeness (QED) is 0.921. The van der Waals surface area contributed by atoms with E-state index < -0.39 is 0 Å². The van der Waals surface area contributed by atoms with Gasteiger partial charge in [-0.3, -0.25) is 14.6 Å². The second kappa shape index (κ2) is 8.17. The molecule has 24 heavy (non-hydrogen) atoms. The highest BCUT2D eigenvalue weighted by Crippen LogP contribution is 2.21. The van der Waals surface area contributed by atoms with Crippen LogP contribution >= 0.6 is 0 Å². The molecule has 1 aromatic heterocycles. The van der Waals surface area contributed by atoms with E-state index in [4.69, 9.17) is 0 Å². The van der Waals surface area contributed by atoms with Crippen LogP contribution < -0.4 is 0 Å². The number of rotatable bonds is 4. The fourth-order valence-corrected chi connectivity index (χ4v) is 4.07. The van der Waals surface area contributed by atoms with E-state index in [0.29, 0.717) is 5.69 Å². The van der Waals surface area contributed by atoms with Gasteiger partial charge in [-0.1, -0.05) is 12.8 Å². The molecule has 0 radical (unpaired) electrons. The highest BCUT2D eigenvalue weighted by molar-refractivity contribution is 5.92. The third-order valence-electron chi connectivity index (χ3n) is 5.41. The van der Waals surface area contributed by atoms with Crippen molar-refractivity contribution in [2.24, 2.45) is 0 Å². The highest BCUT2D eigenvalue weighted by atomic mass is 16.2. The number of aromatic nitrogens is 1. The first-order valence-electron chi connectivity index (χ1n) is 9.49. The summed E-state index contributed by atoms with van der Waals surface area (Å²) in [5.41, 5.74) is 1.84. The third-order valence-corrected chi connectivity index (χ3v) is 5.41. The summed E-state index contributed by atoms with van der Waals surface area (Å²) in [4.78, 5) is 22.2. The van der Waals surface area contributed by atoms with Gasteiger partial charge in [-0.25, -0.2) is 0 Å². The van der Waals surface area contributed by atoms with E-state index in [1.807, 2.05) is 6.07 Å². The molecule has 0 saturated carbocycles. The molecule has 0 aliphatic carbocycles. The maximum Gasteiger partial charge on any atom is 0.269 e. The zero-order valence-electron chi connectivity index (χ0n) is 15.3. The normalized spacial score (nSPS) is 23.8. The Kier molecular flexibility index (Phi) is 5.95. The van der Waals surface area contributed by atoms with Crippen molar-refractivity contribution in [1.29, 1.82) is 0 Å². The Morgan fingerprint density at radius 2 is 1.88 bits per heavy atom. The average molecular weight is 332 g/mol. The van der Waals surface area contributed by atoms with Gasteiger partial charge in [-0.2, -0.15) is 0 Å². The molecule has 1 N–H and O–H groups in total. The molecule has 0 unspecified atom stereocenters. The van der Waals surface area contributed by atoms with Crippen LogP contribution in [0.1, 0.15) is 54.7 Å². The monoisotopic (exact) mass is 332 g/mol. The Morgan fingerprint density at radius 3 is 2.58 bits per heavy atom. The van der Waals surface area contributed by atoms with E-state index in [1.165, 1.54) is 58.2 Å². The lowest BCUT2D eigenvalue weighted by Gasteiger charge is -2.39. The van der Waals surface area contributed by atoms with Crippen LogP contribution in [0.25, 0.3) is 0 Å². The molecule has 0 bridgehead atoms. The molecule has 2 aliphatic heterocycles. The molecular weight excluding hydrogens is 300 g/mol. The maximum atomic E-state index is 12.0. The molecule has 1 atom stereocenters. The number of aromatic amines is 1. The zero-order valence-corrected chi connectivity index (χ0v) is 15.3. The molecule has 5 nitrogen and oxygen atoms in total. The van der Waals surface area contributed by atoms with Crippen molar-refractivity contribution in [3.63, 3.8) is 0 Å². The summed E-state index contributed by atoms with van der Waals surface area (Å²) >= 11 is 0. The van der Waals surface area contributed by atoms with Gasteiger partial charge in [0.05, 0.1) is 0 Å². The van der Waals surface area contributed by atoms with Gasteiger partial charge in [0.1, 0.15) is 5.69 Å². The van der Waals surface area contributed by atoms with Gasteiger partial charge < -0.3 is 9.88 Å². The molecule has 2 aliphatic rings. The molecule has 3 heterocycles. The number of amides is 1. The smallest absolute Gasteiger partial charge is 0.269 e. The van der Waals surface area contributed by atoms with E-state index in [-0.39, 0.29) is 5.91 Å². The summed E-state index contributed by atoms with van der Waals surface area (Å²) in [6.07, 6.45) is 8.15. The molecule has 0 aromatic carbocycles. The summed E-state index contributed by atoms with van der Waals surface area (Å²) in [7, 11) is 3.58. The second-order valence-electron chi connectivity index (χ2n) is 7.58. The topological polar surface area (TPSA) is 42.6 Å². The van der Waals surface area contributed by atoms with Crippen LogP contribution in [0.5, 0.6) is 0 Å². The fourth-order valence-electron chi connectivity index (χ4n) is 4.07. The number of hydrogen-bond donors (Lipinski definition) is 1. The van der Waals surface area contributed by atoms with Crippen molar-refractivity contribution < 1.29 is 4.79 Å². The van der Waals surface area contributed by atoms with Gasteiger partial charge in [0.25, 0.3) is 5.91 Å². The predicted molar refractivity (Wildman–Crippen MR) is 97.2 cm³/mol. The second-order valence-corrected chi connectivity index (χ2v) is 7.58. The van der Waals surface area contributed by atoms with Crippen molar-refractivity contribution in [2.45, 2.75) is 51.1 Å². The van der Waals surface area contributed by atoms with E-state index in [9.17, 15) is 4.79 Å². The molecular formula is C19H32N4O. The number of carbonyl (C=O) groups is 1. The number of nitrogens with zero attached hydrogens (tertiary/aromatic N) is 3. The minimum Gasteiger partial charge on any atom is -0.353 e. The van der Waals surface area contributed by atoms with E-state index in [2.05, 4.69) is 20.9 Å². The van der Waals surface area contributed by atoms with Crippen LogP contribution in [0.15, 0.2) is 12.1 Å². The van der Waals surface area contributed by atoms with Gasteiger partial charge in [0, 0.05) is 38.9 Å². The minimum atomic E-state index is 0.0438. The van der Waals surface area contributed by atoms with Crippen molar-refractivity contribution >= 4 is 5.91 Å². The zero-order chi connectivity index (χ0) is 16.9. The van der Waals surface area contributed by atoms with E-state index >= 15 is 0 Å². The van der Waals surface area contributed by atoms with Crippen molar-refractivity contribution in [2.75, 3.05) is 40.3 Å². The first-order valence-corrected chi connectivity index (χ1v) is 9.49. The molecule has 2 fully saturated rings. The SMILES string of the molecule is CN(C)C(=O)c1ccc(CN2CCC[C@H](N3CCCCCC3)C2)[nH]1. The maximum absolute atomic E-state index is 12.0. The Labute approximate surface area is 146 Å². The lowest BCUT2D eigenvalue weighted by Crippen LogP contribution is -2.48. The summed E-state index contributed by atoms with van der Waals surface area (Å²) in [6, 6.07) is 4.69. The van der Waals surface area contributed by atoms with Gasteiger partial charge in [0.2, 0.25) is 0 Å². The van der Waals surface area contributed by atoms with Crippen LogP contribution in [-0.4, -0.2) is 71.9 Å². The Morgan fingerprint density at radius 1 is 1.12 bits per heavy atom. The van der Waals surface area contributed by atoms with Crippen LogP contribution in [-0.2, 0) is 6.54 Å². The number of likely N-dealkylation sites (tertiary alicyclic amines) is 2. The summed E-state index contributed by atoms with van der Waals surface area (Å²) in [5.74, 6) is 0.0438. The number of piperidine rings is 1. The Bertz CT molecular complexity index is 531. The van der Waals surface area contributed by atoms with Crippen molar-refractivity contribution in [3.8, 4) is 0 Å². The number of carbonyl (C=O) groups excluding carboxylic acids is 1. The van der Waals surface area contributed by atoms with Crippen molar-refractivity contribution in [1.82, 2.24) is 19.7 Å². The molecule has 134 valence electrons. The molecule has 1 aromatic rings. The first kappa shape index (κ1) is 17.5. The highest BCUT2D eigenvalue weighted by Gasteiger charge is 2.26. The third kappa shape index (κ3) is 4.39. The van der Waals surface area contributed by atoms with Crippen LogP contribution in [0.2, 0.25) is 0 Å². The summed E-state index contributed by atoms with van der Waals surface area (Å²) < 4.78 is 0. The Balaban J connectivity index is 1.56. The van der Waals surface area contributed by atoms with Gasteiger partial charge >= 0.3 is 0 Å². The lowest BCUT2D eigenvalue weighted by molar-refractivity contribution is 0.0821. The van der Waals surface area contributed by atoms with Crippen LogP contribution in [0.4, 0.5) is 0 Å². The molecule has 3 rings (SSSR count). The standard InChI is InChI=1S/C19H32N4O/c1-21(2)19(24)18-10-9-16(20-18)14-22-11-7-8-17(15-22)23-12-5-3-4-6-13-23/h9-10,17,20H,3-8,11-15H2,1-2H3/t17-/m0/s1. The number of hydrogen-bond acceptors (Lipinski definition) is 3. The summed E-state index contributed by atoms with van der Waals surface area (Å²) in [6.45, 7) is 5.81. The lowest BCUT2D eigenvalue weighted by atomic mass is 10.0. The molecule has 1 amide bonds. The van der Waals surface area contributed by atoms with Crippen molar-refractivity contribution in [3.05, 3.63) is 23.5 Å². The van der Waals surface area contributed by atoms with Crippen LogP contribution in [0, 0.1) is 0 Å². The van der Waals surface area contributed by atoms with E-state index in [1.54, 1.807) is 19.0 Å². The van der Waals surface area contributed by atoms with Gasteiger partial charge in [-0.15, -0.1) is 0 Å². The van der Waals surface area contributed by atoms with Gasteiger partial charge in [-0.05, 0) is 57.5 Å². The summed E-state index contributed by atoms with van der Waals surface area (Å²) in [5, 5.41) is 0. The fraction of sp³-hybridized carbons (Fsp3) is 0.737. The molecule has 2 saturated heterocycles. The predicted octanol–water partition coefficient (Wildman–Crippen LogP) is 2.56. The van der Waals surface area contributed by atoms with E-state index in [0.717, 1.165) is 24.8 Å². The number of H-pyrrole nitrogens is 1. The molecule has 5 heteroatoms. The average Bonchev–Trinajstić information content (AvgIpc) is 2.87. The Hall–Kier alpha value is -1.33. The first-order chi connectivity index (χ1) is 11.6.